The summed E-state index contributed by atoms with van der Waals surface area (Å²) in [5.41, 5.74) is 4.78. The van der Waals surface area contributed by atoms with Crippen LogP contribution in [0.1, 0.15) is 10.4 Å². The molecule has 1 rings (SSSR count). The Morgan fingerprint density at radius 2 is 2.21 bits per heavy atom. The van der Waals surface area contributed by atoms with Gasteiger partial charge in [-0.05, 0) is 6.07 Å². The molecule has 0 radical (unpaired) electrons. The monoisotopic (exact) mass is 215 g/mol. The highest BCUT2D eigenvalue weighted by Gasteiger charge is 2.10. The van der Waals surface area contributed by atoms with E-state index in [0.717, 1.165) is 6.07 Å². The number of carbonyl (C=O) groups is 2. The smallest absolute Gasteiger partial charge is 0.409 e. The normalized spacial score (nSPS) is 9.50. The van der Waals surface area contributed by atoms with Gasteiger partial charge in [-0.15, -0.1) is 0 Å². The number of hydrogen-bond acceptors (Lipinski definition) is 4. The van der Waals surface area contributed by atoms with E-state index in [1.54, 1.807) is 0 Å². The van der Waals surface area contributed by atoms with Crippen LogP contribution in [-0.2, 0) is 0 Å². The Morgan fingerprint density at radius 1 is 1.57 bits per heavy atom. The van der Waals surface area contributed by atoms with Gasteiger partial charge >= 0.3 is 6.09 Å². The van der Waals surface area contributed by atoms with Gasteiger partial charge in [-0.25, -0.2) is 4.79 Å². The van der Waals surface area contributed by atoms with E-state index < -0.39 is 6.09 Å². The SMILES string of the molecule is NC(=O)Oc1cc(O)c(Cl)cc1C=O. The van der Waals surface area contributed by atoms with E-state index in [9.17, 15) is 9.59 Å². The summed E-state index contributed by atoms with van der Waals surface area (Å²) in [6.07, 6.45) is -0.640. The number of phenols is 1. The molecule has 14 heavy (non-hydrogen) atoms. The number of aldehydes is 1. The van der Waals surface area contributed by atoms with Crippen LogP contribution in [0.4, 0.5) is 4.79 Å². The third-order valence-corrected chi connectivity index (χ3v) is 1.72. The molecular formula is C8H6ClNO4. The number of primary amides is 1. The number of aromatic hydroxyl groups is 1. The van der Waals surface area contributed by atoms with Crippen LogP contribution < -0.4 is 10.5 Å². The van der Waals surface area contributed by atoms with Gasteiger partial charge in [0.25, 0.3) is 0 Å². The van der Waals surface area contributed by atoms with Crippen LogP contribution in [0.3, 0.4) is 0 Å². The quantitative estimate of drug-likeness (QED) is 0.728. The molecule has 1 aromatic carbocycles. The van der Waals surface area contributed by atoms with Crippen LogP contribution in [-0.4, -0.2) is 17.5 Å². The molecule has 0 spiro atoms. The number of benzene rings is 1. The molecule has 0 saturated carbocycles. The zero-order chi connectivity index (χ0) is 10.7. The maximum atomic E-state index is 10.5. The molecular weight excluding hydrogens is 210 g/mol. The average Bonchev–Trinajstić information content (AvgIpc) is 2.10. The molecule has 0 heterocycles. The Hall–Kier alpha value is -1.75. The molecule has 74 valence electrons. The van der Waals surface area contributed by atoms with Crippen LogP contribution in [0.2, 0.25) is 5.02 Å². The van der Waals surface area contributed by atoms with Crippen molar-refractivity contribution in [3.63, 3.8) is 0 Å². The molecule has 3 N–H and O–H groups in total. The van der Waals surface area contributed by atoms with Gasteiger partial charge in [-0.3, -0.25) is 4.79 Å². The van der Waals surface area contributed by atoms with Crippen LogP contribution in [0.5, 0.6) is 11.5 Å². The van der Waals surface area contributed by atoms with Gasteiger partial charge in [-0.1, -0.05) is 11.6 Å². The number of phenolic OH excluding ortho intramolecular Hbond substituents is 1. The van der Waals surface area contributed by atoms with Gasteiger partial charge < -0.3 is 15.6 Å². The lowest BCUT2D eigenvalue weighted by Crippen LogP contribution is -2.17. The third-order valence-electron chi connectivity index (χ3n) is 1.42. The van der Waals surface area contributed by atoms with Crippen molar-refractivity contribution in [1.82, 2.24) is 0 Å². The first kappa shape index (κ1) is 10.3. The molecule has 1 amide bonds. The van der Waals surface area contributed by atoms with Gasteiger partial charge in [-0.2, -0.15) is 0 Å². The van der Waals surface area contributed by atoms with Gasteiger partial charge in [0.05, 0.1) is 10.6 Å². The molecule has 0 atom stereocenters. The fourth-order valence-electron chi connectivity index (χ4n) is 0.847. The number of rotatable bonds is 2. The fourth-order valence-corrected chi connectivity index (χ4v) is 1.02. The number of carbonyl (C=O) groups excluding carboxylic acids is 2. The van der Waals surface area contributed by atoms with E-state index >= 15 is 0 Å². The molecule has 0 aliphatic heterocycles. The van der Waals surface area contributed by atoms with Crippen molar-refractivity contribution in [2.24, 2.45) is 5.73 Å². The Balaban J connectivity index is 3.19. The van der Waals surface area contributed by atoms with Gasteiger partial charge in [0.1, 0.15) is 11.5 Å². The second-order valence-electron chi connectivity index (χ2n) is 2.38. The molecule has 0 saturated heterocycles. The van der Waals surface area contributed by atoms with Crippen LogP contribution in [0, 0.1) is 0 Å². The minimum atomic E-state index is -1.07. The molecule has 5 nitrogen and oxygen atoms in total. The summed E-state index contributed by atoms with van der Waals surface area (Å²) in [5.74, 6) is -0.428. The van der Waals surface area contributed by atoms with Crippen molar-refractivity contribution in [3.05, 3.63) is 22.7 Å². The Morgan fingerprint density at radius 3 is 2.71 bits per heavy atom. The second-order valence-corrected chi connectivity index (χ2v) is 2.79. The Bertz CT molecular complexity index is 391. The lowest BCUT2D eigenvalue weighted by atomic mass is 10.2. The molecule has 0 unspecified atom stereocenters. The number of hydrogen-bond donors (Lipinski definition) is 2. The summed E-state index contributed by atoms with van der Waals surface area (Å²) in [5, 5.41) is 9.14. The average molecular weight is 216 g/mol. The lowest BCUT2D eigenvalue weighted by molar-refractivity contribution is 0.112. The highest BCUT2D eigenvalue weighted by molar-refractivity contribution is 6.32. The topological polar surface area (TPSA) is 89.6 Å². The van der Waals surface area contributed by atoms with Crippen molar-refractivity contribution in [3.8, 4) is 11.5 Å². The molecule has 6 heteroatoms. The first-order chi connectivity index (χ1) is 6.54. The van der Waals surface area contributed by atoms with Crippen LogP contribution >= 0.6 is 11.6 Å². The highest BCUT2D eigenvalue weighted by Crippen LogP contribution is 2.30. The van der Waals surface area contributed by atoms with Crippen molar-refractivity contribution in [1.29, 1.82) is 0 Å². The van der Waals surface area contributed by atoms with Gasteiger partial charge in [0.15, 0.2) is 6.29 Å². The summed E-state index contributed by atoms with van der Waals surface area (Å²) in [6.45, 7) is 0. The van der Waals surface area contributed by atoms with Crippen LogP contribution in [0.25, 0.3) is 0 Å². The molecule has 0 aliphatic rings. The van der Waals surface area contributed by atoms with Crippen LogP contribution in [0.15, 0.2) is 12.1 Å². The highest BCUT2D eigenvalue weighted by atomic mass is 35.5. The van der Waals surface area contributed by atoms with Gasteiger partial charge in [0, 0.05) is 6.07 Å². The van der Waals surface area contributed by atoms with Crippen molar-refractivity contribution >= 4 is 24.0 Å². The number of amides is 1. The second kappa shape index (κ2) is 3.97. The summed E-state index contributed by atoms with van der Waals surface area (Å²) in [6, 6.07) is 2.21. The van der Waals surface area contributed by atoms with E-state index in [0.29, 0.717) is 6.29 Å². The molecule has 1 aromatic rings. The molecule has 0 bridgehead atoms. The zero-order valence-electron chi connectivity index (χ0n) is 6.86. The summed E-state index contributed by atoms with van der Waals surface area (Å²) in [4.78, 5) is 20.9. The fraction of sp³-hybridized carbons (Fsp3) is 0. The lowest BCUT2D eigenvalue weighted by Gasteiger charge is -2.05. The van der Waals surface area contributed by atoms with E-state index in [1.165, 1.54) is 6.07 Å². The number of halogens is 1. The molecule has 0 aliphatic carbocycles. The summed E-state index contributed by atoms with van der Waals surface area (Å²) >= 11 is 5.52. The van der Waals surface area contributed by atoms with E-state index in [-0.39, 0.29) is 22.1 Å². The number of ether oxygens (including phenoxy) is 1. The Labute approximate surface area is 84.0 Å². The largest absolute Gasteiger partial charge is 0.506 e. The third kappa shape index (κ3) is 2.14. The Kier molecular flexibility index (Phi) is 2.93. The first-order valence-electron chi connectivity index (χ1n) is 3.49. The van der Waals surface area contributed by atoms with Crippen molar-refractivity contribution in [2.45, 2.75) is 0 Å². The summed E-state index contributed by atoms with van der Waals surface area (Å²) in [7, 11) is 0. The van der Waals surface area contributed by atoms with E-state index in [2.05, 4.69) is 4.74 Å². The van der Waals surface area contributed by atoms with E-state index in [1.807, 2.05) is 0 Å². The molecule has 0 fully saturated rings. The minimum Gasteiger partial charge on any atom is -0.506 e. The maximum absolute atomic E-state index is 10.5. The maximum Gasteiger partial charge on any atom is 0.409 e. The zero-order valence-corrected chi connectivity index (χ0v) is 7.62. The first-order valence-corrected chi connectivity index (χ1v) is 3.87. The standard InChI is InChI=1S/C8H6ClNO4/c9-5-1-4(3-11)7(2-6(5)12)14-8(10)13/h1-3,12H,(H2,10,13). The van der Waals surface area contributed by atoms with Crippen molar-refractivity contribution < 1.29 is 19.4 Å². The summed E-state index contributed by atoms with van der Waals surface area (Å²) < 4.78 is 4.46. The van der Waals surface area contributed by atoms with Crippen molar-refractivity contribution in [2.75, 3.05) is 0 Å². The minimum absolute atomic E-state index is 0.0103. The molecule has 0 aromatic heterocycles. The predicted molar refractivity (Wildman–Crippen MR) is 48.7 cm³/mol. The van der Waals surface area contributed by atoms with Gasteiger partial charge in [0.2, 0.25) is 0 Å². The van der Waals surface area contributed by atoms with E-state index in [4.69, 9.17) is 22.4 Å². The predicted octanol–water partition coefficient (Wildman–Crippen LogP) is 1.32. The number of nitrogens with two attached hydrogens (primary N) is 1.